The third-order valence-electron chi connectivity index (χ3n) is 6.82. The number of halogens is 1. The Morgan fingerprint density at radius 3 is 2.88 bits per heavy atom. The molecular formula is C27H34FN3O2S. The SMILES string of the molecule is COc1ccc2nccc(CCC[C@@H]3CCN(CC(C)Sc4ncccc4F)C[C@@H]3CO)c2c1. The number of aliphatic hydroxyl groups is 1. The zero-order valence-electron chi connectivity index (χ0n) is 20.0. The summed E-state index contributed by atoms with van der Waals surface area (Å²) in [4.78, 5) is 11.1. The van der Waals surface area contributed by atoms with Crippen LogP contribution in [0.3, 0.4) is 0 Å². The molecule has 3 atom stereocenters. The summed E-state index contributed by atoms with van der Waals surface area (Å²) >= 11 is 1.48. The number of fused-ring (bicyclic) bond motifs is 1. The molecule has 1 fully saturated rings. The van der Waals surface area contributed by atoms with Crippen molar-refractivity contribution in [3.8, 4) is 5.75 Å². The first-order valence-corrected chi connectivity index (χ1v) is 13.0. The number of hydrogen-bond donors (Lipinski definition) is 1. The number of methoxy groups -OCH3 is 1. The fourth-order valence-corrected chi connectivity index (χ4v) is 6.01. The molecule has 182 valence electrons. The largest absolute Gasteiger partial charge is 0.497 e. The van der Waals surface area contributed by atoms with Gasteiger partial charge in [0.05, 0.1) is 12.6 Å². The lowest BCUT2D eigenvalue weighted by molar-refractivity contribution is 0.0683. The van der Waals surface area contributed by atoms with Gasteiger partial charge in [-0.05, 0) is 86.0 Å². The second-order valence-corrected chi connectivity index (χ2v) is 10.6. The number of aryl methyl sites for hydroxylation is 1. The molecule has 34 heavy (non-hydrogen) atoms. The van der Waals surface area contributed by atoms with Crippen molar-refractivity contribution in [3.05, 3.63) is 60.2 Å². The van der Waals surface area contributed by atoms with Gasteiger partial charge in [0.2, 0.25) is 0 Å². The number of ether oxygens (including phenoxy) is 1. The Morgan fingerprint density at radius 2 is 2.09 bits per heavy atom. The summed E-state index contributed by atoms with van der Waals surface area (Å²) in [5.74, 6) is 1.41. The van der Waals surface area contributed by atoms with E-state index in [1.54, 1.807) is 19.4 Å². The summed E-state index contributed by atoms with van der Waals surface area (Å²) in [6, 6.07) is 11.2. The zero-order chi connectivity index (χ0) is 23.9. The van der Waals surface area contributed by atoms with Crippen LogP contribution in [0.4, 0.5) is 4.39 Å². The van der Waals surface area contributed by atoms with E-state index in [4.69, 9.17) is 4.74 Å². The maximum Gasteiger partial charge on any atom is 0.155 e. The number of hydrogen-bond acceptors (Lipinski definition) is 6. The third-order valence-corrected chi connectivity index (χ3v) is 7.90. The molecule has 7 heteroatoms. The zero-order valence-corrected chi connectivity index (χ0v) is 20.8. The number of thioether (sulfide) groups is 1. The molecule has 1 unspecified atom stereocenters. The Kier molecular flexibility index (Phi) is 8.75. The number of piperidine rings is 1. The van der Waals surface area contributed by atoms with E-state index in [0.717, 1.165) is 62.0 Å². The fourth-order valence-electron chi connectivity index (χ4n) is 5.04. The van der Waals surface area contributed by atoms with Gasteiger partial charge in [-0.3, -0.25) is 4.98 Å². The van der Waals surface area contributed by atoms with Gasteiger partial charge in [0, 0.05) is 42.7 Å². The highest BCUT2D eigenvalue weighted by atomic mass is 32.2. The van der Waals surface area contributed by atoms with Crippen LogP contribution >= 0.6 is 11.8 Å². The first kappa shape index (κ1) is 24.9. The highest BCUT2D eigenvalue weighted by Crippen LogP contribution is 2.31. The highest BCUT2D eigenvalue weighted by molar-refractivity contribution is 7.99. The van der Waals surface area contributed by atoms with Crippen LogP contribution in [0, 0.1) is 17.7 Å². The maximum atomic E-state index is 13.9. The molecule has 0 bridgehead atoms. The van der Waals surface area contributed by atoms with Crippen molar-refractivity contribution in [1.29, 1.82) is 0 Å². The Bertz CT molecular complexity index is 1080. The minimum absolute atomic E-state index is 0.215. The molecule has 0 radical (unpaired) electrons. The van der Waals surface area contributed by atoms with Crippen LogP contribution < -0.4 is 4.74 Å². The van der Waals surface area contributed by atoms with E-state index in [0.29, 0.717) is 10.9 Å². The molecule has 1 saturated heterocycles. The number of benzene rings is 1. The number of aliphatic hydroxyl groups excluding tert-OH is 1. The smallest absolute Gasteiger partial charge is 0.155 e. The van der Waals surface area contributed by atoms with Gasteiger partial charge in [-0.1, -0.05) is 18.7 Å². The summed E-state index contributed by atoms with van der Waals surface area (Å²) < 4.78 is 19.3. The minimum Gasteiger partial charge on any atom is -0.497 e. The van der Waals surface area contributed by atoms with Gasteiger partial charge in [-0.15, -0.1) is 0 Å². The molecule has 1 N–H and O–H groups in total. The van der Waals surface area contributed by atoms with Crippen molar-refractivity contribution in [2.75, 3.05) is 33.4 Å². The molecule has 1 aliphatic rings. The lowest BCUT2D eigenvalue weighted by atomic mass is 9.82. The molecule has 0 amide bonds. The number of likely N-dealkylation sites (tertiary alicyclic amines) is 1. The van der Waals surface area contributed by atoms with Crippen LogP contribution in [0.15, 0.2) is 53.8 Å². The highest BCUT2D eigenvalue weighted by Gasteiger charge is 2.29. The van der Waals surface area contributed by atoms with Gasteiger partial charge in [-0.25, -0.2) is 9.37 Å². The van der Waals surface area contributed by atoms with Gasteiger partial charge in [0.25, 0.3) is 0 Å². The monoisotopic (exact) mass is 483 g/mol. The standard InChI is InChI=1S/C27H34FN3O2S/c1-19(34-27-25(28)7-4-12-30-27)16-31-14-11-20(22(17-31)18-32)5-3-6-21-10-13-29-26-9-8-23(33-2)15-24(21)26/h4,7-10,12-13,15,19-20,22,32H,3,5-6,11,14,16-18H2,1-2H3/t19?,20-,22-/m1/s1. The molecule has 1 aromatic carbocycles. The summed E-state index contributed by atoms with van der Waals surface area (Å²) in [6.45, 7) is 5.12. The average molecular weight is 484 g/mol. The quantitative estimate of drug-likeness (QED) is 0.400. The number of rotatable bonds is 10. The Hall–Kier alpha value is -2.22. The van der Waals surface area contributed by atoms with Crippen LogP contribution in [0.2, 0.25) is 0 Å². The Balaban J connectivity index is 1.28. The van der Waals surface area contributed by atoms with Crippen molar-refractivity contribution in [2.24, 2.45) is 11.8 Å². The van der Waals surface area contributed by atoms with Gasteiger partial charge in [-0.2, -0.15) is 0 Å². The van der Waals surface area contributed by atoms with Crippen molar-refractivity contribution >= 4 is 22.7 Å². The lowest BCUT2D eigenvalue weighted by Crippen LogP contribution is -2.44. The van der Waals surface area contributed by atoms with Gasteiger partial charge in [0.15, 0.2) is 5.82 Å². The number of pyridine rings is 2. The third kappa shape index (κ3) is 6.26. The molecule has 1 aliphatic heterocycles. The summed E-state index contributed by atoms with van der Waals surface area (Å²) in [6.07, 6.45) is 7.80. The fraction of sp³-hybridized carbons (Fsp3) is 0.481. The average Bonchev–Trinajstić information content (AvgIpc) is 2.86. The molecule has 0 spiro atoms. The van der Waals surface area contributed by atoms with E-state index >= 15 is 0 Å². The summed E-state index contributed by atoms with van der Waals surface area (Å²) in [5, 5.41) is 11.9. The van der Waals surface area contributed by atoms with Crippen LogP contribution in [-0.4, -0.2) is 58.6 Å². The number of aromatic nitrogens is 2. The predicted octanol–water partition coefficient (Wildman–Crippen LogP) is 5.21. The molecule has 0 saturated carbocycles. The minimum atomic E-state index is -0.258. The summed E-state index contributed by atoms with van der Waals surface area (Å²) in [7, 11) is 1.69. The topological polar surface area (TPSA) is 58.5 Å². The molecular weight excluding hydrogens is 449 g/mol. The second-order valence-electron chi connectivity index (χ2n) is 9.22. The van der Waals surface area contributed by atoms with Gasteiger partial charge < -0.3 is 14.7 Å². The van der Waals surface area contributed by atoms with Crippen LogP contribution in [0.1, 0.15) is 31.7 Å². The van der Waals surface area contributed by atoms with Crippen LogP contribution in [0.25, 0.3) is 10.9 Å². The molecule has 3 heterocycles. The Labute approximate surface area is 205 Å². The van der Waals surface area contributed by atoms with Crippen molar-refractivity contribution in [2.45, 2.75) is 42.9 Å². The van der Waals surface area contributed by atoms with E-state index < -0.39 is 0 Å². The van der Waals surface area contributed by atoms with Crippen LogP contribution in [0.5, 0.6) is 5.75 Å². The van der Waals surface area contributed by atoms with E-state index in [1.165, 1.54) is 23.4 Å². The first-order valence-electron chi connectivity index (χ1n) is 12.1. The normalized spacial score (nSPS) is 19.9. The molecule has 3 aromatic rings. The van der Waals surface area contributed by atoms with E-state index in [9.17, 15) is 9.50 Å². The van der Waals surface area contributed by atoms with Crippen LogP contribution in [-0.2, 0) is 6.42 Å². The van der Waals surface area contributed by atoms with Crippen molar-refractivity contribution in [1.82, 2.24) is 14.9 Å². The van der Waals surface area contributed by atoms with Gasteiger partial charge >= 0.3 is 0 Å². The second kappa shape index (κ2) is 12.0. The molecule has 0 aliphatic carbocycles. The van der Waals surface area contributed by atoms with E-state index in [2.05, 4.69) is 33.9 Å². The predicted molar refractivity (Wildman–Crippen MR) is 136 cm³/mol. The van der Waals surface area contributed by atoms with Gasteiger partial charge in [0.1, 0.15) is 10.8 Å². The molecule has 2 aromatic heterocycles. The van der Waals surface area contributed by atoms with E-state index in [1.807, 2.05) is 18.3 Å². The summed E-state index contributed by atoms with van der Waals surface area (Å²) in [5.41, 5.74) is 2.30. The first-order chi connectivity index (χ1) is 16.6. The lowest BCUT2D eigenvalue weighted by Gasteiger charge is -2.39. The molecule has 5 nitrogen and oxygen atoms in total. The molecule has 4 rings (SSSR count). The number of nitrogens with zero attached hydrogens (tertiary/aromatic N) is 3. The Morgan fingerprint density at radius 1 is 1.21 bits per heavy atom. The van der Waals surface area contributed by atoms with Crippen molar-refractivity contribution < 1.29 is 14.2 Å². The maximum absolute atomic E-state index is 13.9. The van der Waals surface area contributed by atoms with Crippen molar-refractivity contribution in [3.63, 3.8) is 0 Å². The van der Waals surface area contributed by atoms with E-state index in [-0.39, 0.29) is 23.6 Å².